The topological polar surface area (TPSA) is 83.9 Å². The smallest absolute Gasteiger partial charge is 0.325 e. The summed E-state index contributed by atoms with van der Waals surface area (Å²) < 4.78 is 4.51. The maximum absolute atomic E-state index is 12.3. The first kappa shape index (κ1) is 13.6. The second-order valence-corrected chi connectivity index (χ2v) is 5.11. The molecule has 0 spiro atoms. The summed E-state index contributed by atoms with van der Waals surface area (Å²) in [4.78, 5) is 36.1. The predicted molar refractivity (Wildman–Crippen MR) is 65.0 cm³/mol. The molecule has 0 radical (unpaired) electrons. The zero-order valence-electron chi connectivity index (χ0n) is 10.9. The fourth-order valence-corrected chi connectivity index (χ4v) is 3.09. The number of hydrogen-bond acceptors (Lipinski definition) is 4. The molecule has 0 saturated heterocycles. The minimum Gasteiger partial charge on any atom is -0.481 e. The molecule has 4 atom stereocenters. The van der Waals surface area contributed by atoms with Gasteiger partial charge in [0.15, 0.2) is 0 Å². The number of carboxylic acid groups (broad SMARTS) is 1. The zero-order valence-corrected chi connectivity index (χ0v) is 10.9. The van der Waals surface area contributed by atoms with Crippen LogP contribution in [-0.2, 0) is 19.1 Å². The normalized spacial score (nSPS) is 31.3. The van der Waals surface area contributed by atoms with Crippen molar-refractivity contribution in [2.75, 3.05) is 20.7 Å². The number of likely N-dealkylation sites (N-methyl/N-ethyl adjacent to an activating group) is 1. The molecule has 2 rings (SSSR count). The van der Waals surface area contributed by atoms with Gasteiger partial charge in [-0.25, -0.2) is 0 Å². The molecule has 2 aliphatic rings. The third kappa shape index (κ3) is 2.34. The Bertz CT molecular complexity index is 444. The van der Waals surface area contributed by atoms with Crippen molar-refractivity contribution >= 4 is 17.8 Å². The molecule has 0 aromatic rings. The van der Waals surface area contributed by atoms with Crippen molar-refractivity contribution in [1.29, 1.82) is 0 Å². The van der Waals surface area contributed by atoms with E-state index in [4.69, 9.17) is 0 Å². The van der Waals surface area contributed by atoms with E-state index in [2.05, 4.69) is 4.74 Å². The van der Waals surface area contributed by atoms with Crippen LogP contribution in [0.1, 0.15) is 6.42 Å². The summed E-state index contributed by atoms with van der Waals surface area (Å²) in [5.74, 6) is -3.09. The van der Waals surface area contributed by atoms with Gasteiger partial charge < -0.3 is 14.7 Å². The Labute approximate surface area is 111 Å². The van der Waals surface area contributed by atoms with Crippen LogP contribution >= 0.6 is 0 Å². The van der Waals surface area contributed by atoms with Crippen molar-refractivity contribution in [3.8, 4) is 0 Å². The van der Waals surface area contributed by atoms with Gasteiger partial charge in [0.25, 0.3) is 0 Å². The number of fused-ring (bicyclic) bond motifs is 2. The molecule has 1 amide bonds. The van der Waals surface area contributed by atoms with Gasteiger partial charge in [0.1, 0.15) is 6.54 Å². The summed E-state index contributed by atoms with van der Waals surface area (Å²) in [6.45, 7) is -0.153. The van der Waals surface area contributed by atoms with E-state index in [0.29, 0.717) is 6.42 Å². The fourth-order valence-electron chi connectivity index (χ4n) is 3.09. The van der Waals surface area contributed by atoms with E-state index in [1.807, 2.05) is 12.2 Å². The Morgan fingerprint density at radius 2 is 1.84 bits per heavy atom. The Kier molecular flexibility index (Phi) is 3.59. The lowest BCUT2D eigenvalue weighted by molar-refractivity contribution is -0.153. The SMILES string of the molecule is COC(=O)CN(C)C(=O)[C@H]1C2C=CC(C2)[C@H]1C(=O)O. The molecule has 0 aliphatic heterocycles. The molecule has 0 aromatic carbocycles. The van der Waals surface area contributed by atoms with Gasteiger partial charge in [0.05, 0.1) is 18.9 Å². The third-order valence-electron chi connectivity index (χ3n) is 4.00. The van der Waals surface area contributed by atoms with Gasteiger partial charge in [0, 0.05) is 7.05 Å². The molecular weight excluding hydrogens is 250 g/mol. The average Bonchev–Trinajstić information content (AvgIpc) is 2.97. The van der Waals surface area contributed by atoms with Crippen molar-refractivity contribution in [3.63, 3.8) is 0 Å². The van der Waals surface area contributed by atoms with Crippen LogP contribution in [0.4, 0.5) is 0 Å². The number of ether oxygens (including phenoxy) is 1. The number of methoxy groups -OCH3 is 1. The van der Waals surface area contributed by atoms with E-state index >= 15 is 0 Å². The largest absolute Gasteiger partial charge is 0.481 e. The highest BCUT2D eigenvalue weighted by Crippen LogP contribution is 2.48. The number of carbonyl (C=O) groups excluding carboxylic acids is 2. The molecule has 0 aromatic heterocycles. The zero-order chi connectivity index (χ0) is 14.2. The van der Waals surface area contributed by atoms with Crippen LogP contribution in [0.25, 0.3) is 0 Å². The molecule has 1 saturated carbocycles. The summed E-state index contributed by atoms with van der Waals surface area (Å²) in [5, 5.41) is 9.27. The van der Waals surface area contributed by atoms with E-state index in [9.17, 15) is 19.5 Å². The van der Waals surface area contributed by atoms with Crippen molar-refractivity contribution < 1.29 is 24.2 Å². The molecule has 2 unspecified atom stereocenters. The summed E-state index contributed by atoms with van der Waals surface area (Å²) in [7, 11) is 2.74. The molecule has 0 heterocycles. The molecule has 2 aliphatic carbocycles. The second-order valence-electron chi connectivity index (χ2n) is 5.11. The quantitative estimate of drug-likeness (QED) is 0.578. The summed E-state index contributed by atoms with van der Waals surface area (Å²) in [6, 6.07) is 0. The summed E-state index contributed by atoms with van der Waals surface area (Å²) in [6.07, 6.45) is 4.51. The number of allylic oxidation sites excluding steroid dienone is 2. The van der Waals surface area contributed by atoms with E-state index in [1.165, 1.54) is 19.1 Å². The number of nitrogens with zero attached hydrogens (tertiary/aromatic N) is 1. The minimum atomic E-state index is -0.943. The fraction of sp³-hybridized carbons (Fsp3) is 0.615. The van der Waals surface area contributed by atoms with Gasteiger partial charge in [-0.05, 0) is 18.3 Å². The van der Waals surface area contributed by atoms with Crippen LogP contribution in [0.2, 0.25) is 0 Å². The van der Waals surface area contributed by atoms with Gasteiger partial charge in [-0.15, -0.1) is 0 Å². The van der Waals surface area contributed by atoms with Gasteiger partial charge in [0.2, 0.25) is 5.91 Å². The standard InChI is InChI=1S/C13H17NO5/c1-14(6-9(15)19-2)12(16)10-7-3-4-8(5-7)11(10)13(17)18/h3-4,7-8,10-11H,5-6H2,1-2H3,(H,17,18)/t7?,8?,10-,11+/m0/s1. The maximum Gasteiger partial charge on any atom is 0.325 e. The van der Waals surface area contributed by atoms with E-state index in [0.717, 1.165) is 0 Å². The van der Waals surface area contributed by atoms with Gasteiger partial charge in [-0.1, -0.05) is 12.2 Å². The van der Waals surface area contributed by atoms with Crippen molar-refractivity contribution in [1.82, 2.24) is 4.90 Å². The molecule has 19 heavy (non-hydrogen) atoms. The Hall–Kier alpha value is -1.85. The van der Waals surface area contributed by atoms with Gasteiger partial charge >= 0.3 is 11.9 Å². The Morgan fingerprint density at radius 1 is 1.26 bits per heavy atom. The minimum absolute atomic E-state index is 0.0290. The van der Waals surface area contributed by atoms with Gasteiger partial charge in [-0.3, -0.25) is 14.4 Å². The molecule has 6 nitrogen and oxygen atoms in total. The maximum atomic E-state index is 12.3. The lowest BCUT2D eigenvalue weighted by Crippen LogP contribution is -2.43. The lowest BCUT2D eigenvalue weighted by atomic mass is 9.82. The molecular formula is C13H17NO5. The van der Waals surface area contributed by atoms with Crippen molar-refractivity contribution in [2.24, 2.45) is 23.7 Å². The molecule has 1 N–H and O–H groups in total. The van der Waals surface area contributed by atoms with Crippen molar-refractivity contribution in [2.45, 2.75) is 6.42 Å². The number of hydrogen-bond donors (Lipinski definition) is 1. The molecule has 2 bridgehead atoms. The predicted octanol–water partition coefficient (Wildman–Crippen LogP) is 0.141. The lowest BCUT2D eigenvalue weighted by Gasteiger charge is -2.27. The van der Waals surface area contributed by atoms with E-state index < -0.39 is 23.8 Å². The number of amides is 1. The first-order chi connectivity index (χ1) is 8.95. The third-order valence-corrected chi connectivity index (χ3v) is 4.00. The first-order valence-electron chi connectivity index (χ1n) is 6.18. The highest BCUT2D eigenvalue weighted by atomic mass is 16.5. The van der Waals surface area contributed by atoms with E-state index in [1.54, 1.807) is 0 Å². The summed E-state index contributed by atoms with van der Waals surface area (Å²) >= 11 is 0. The number of rotatable bonds is 4. The van der Waals surface area contributed by atoms with Crippen LogP contribution < -0.4 is 0 Å². The number of esters is 1. The highest BCUT2D eigenvalue weighted by Gasteiger charge is 2.52. The van der Waals surface area contributed by atoms with Crippen LogP contribution in [0.15, 0.2) is 12.2 Å². The van der Waals surface area contributed by atoms with Crippen LogP contribution in [0.5, 0.6) is 0 Å². The number of carboxylic acids is 1. The van der Waals surface area contributed by atoms with Crippen LogP contribution in [0.3, 0.4) is 0 Å². The van der Waals surface area contributed by atoms with E-state index in [-0.39, 0.29) is 24.3 Å². The number of aliphatic carboxylic acids is 1. The molecule has 104 valence electrons. The Morgan fingerprint density at radius 3 is 2.37 bits per heavy atom. The van der Waals surface area contributed by atoms with Crippen molar-refractivity contribution in [3.05, 3.63) is 12.2 Å². The average molecular weight is 267 g/mol. The Balaban J connectivity index is 2.12. The summed E-state index contributed by atoms with van der Waals surface area (Å²) in [5.41, 5.74) is 0. The first-order valence-corrected chi connectivity index (χ1v) is 6.18. The molecule has 1 fully saturated rings. The second kappa shape index (κ2) is 5.03. The van der Waals surface area contributed by atoms with Crippen LogP contribution in [0, 0.1) is 23.7 Å². The molecule has 6 heteroatoms. The van der Waals surface area contributed by atoms with Gasteiger partial charge in [-0.2, -0.15) is 0 Å². The highest BCUT2D eigenvalue weighted by molar-refractivity contribution is 5.88. The number of carbonyl (C=O) groups is 3. The van der Waals surface area contributed by atoms with Crippen LogP contribution in [-0.4, -0.2) is 48.6 Å². The monoisotopic (exact) mass is 267 g/mol.